The maximum atomic E-state index is 12.2. The monoisotopic (exact) mass is 383 g/mol. The number of anilines is 1. The Hall–Kier alpha value is -2.46. The molecule has 2 heterocycles. The van der Waals surface area contributed by atoms with Gasteiger partial charge in [0.2, 0.25) is 0 Å². The molecule has 1 aliphatic rings. The largest absolute Gasteiger partial charge is 0.471 e. The van der Waals surface area contributed by atoms with Crippen LogP contribution in [0.5, 0.6) is 5.75 Å². The summed E-state index contributed by atoms with van der Waals surface area (Å²) in [6.45, 7) is 5.18. The van der Waals surface area contributed by atoms with Crippen molar-refractivity contribution in [1.82, 2.24) is 0 Å². The lowest BCUT2D eigenvalue weighted by atomic mass is 10.0. The van der Waals surface area contributed by atoms with Crippen LogP contribution in [0.2, 0.25) is 5.02 Å². The molecule has 0 bridgehead atoms. The number of benzene rings is 2. The van der Waals surface area contributed by atoms with Crippen molar-refractivity contribution in [2.75, 3.05) is 11.6 Å². The Morgan fingerprint density at radius 3 is 2.85 bits per heavy atom. The molecule has 0 saturated carbocycles. The van der Waals surface area contributed by atoms with Crippen LogP contribution in [-0.2, 0) is 13.0 Å². The lowest BCUT2D eigenvalue weighted by Gasteiger charge is -2.31. The Kier molecular flexibility index (Phi) is 4.83. The van der Waals surface area contributed by atoms with Crippen LogP contribution in [0.1, 0.15) is 36.5 Å². The van der Waals surface area contributed by atoms with Crippen LogP contribution >= 0.6 is 11.6 Å². The number of halogens is 1. The lowest BCUT2D eigenvalue weighted by Crippen LogP contribution is -2.32. The van der Waals surface area contributed by atoms with Crippen LogP contribution in [-0.4, -0.2) is 6.73 Å². The highest BCUT2D eigenvalue weighted by Gasteiger charge is 2.25. The van der Waals surface area contributed by atoms with Crippen molar-refractivity contribution in [2.45, 2.75) is 39.7 Å². The lowest BCUT2D eigenvalue weighted by molar-refractivity contribution is 0.289. The number of hydrogen-bond donors (Lipinski definition) is 0. The van der Waals surface area contributed by atoms with Crippen molar-refractivity contribution in [3.63, 3.8) is 0 Å². The van der Waals surface area contributed by atoms with Gasteiger partial charge in [-0.1, -0.05) is 37.1 Å². The molecule has 1 aromatic heterocycles. The van der Waals surface area contributed by atoms with Crippen LogP contribution in [0, 0.1) is 6.92 Å². The molecular weight excluding hydrogens is 362 g/mol. The van der Waals surface area contributed by atoms with E-state index < -0.39 is 0 Å². The molecule has 0 N–H and O–H groups in total. The van der Waals surface area contributed by atoms with Crippen LogP contribution in [0.3, 0.4) is 0 Å². The van der Waals surface area contributed by atoms with Gasteiger partial charge in [-0.15, -0.1) is 0 Å². The van der Waals surface area contributed by atoms with Gasteiger partial charge < -0.3 is 14.1 Å². The van der Waals surface area contributed by atoms with Crippen molar-refractivity contribution < 1.29 is 9.15 Å². The molecule has 0 saturated heterocycles. The number of ether oxygens (including phenoxy) is 1. The number of aryl methyl sites for hydroxylation is 2. The maximum absolute atomic E-state index is 12.2. The highest BCUT2D eigenvalue weighted by atomic mass is 35.5. The third kappa shape index (κ3) is 3.42. The van der Waals surface area contributed by atoms with Crippen molar-refractivity contribution in [2.24, 2.45) is 0 Å². The fraction of sp³-hybridized carbons (Fsp3) is 0.318. The van der Waals surface area contributed by atoms with Crippen LogP contribution in [0.25, 0.3) is 11.0 Å². The van der Waals surface area contributed by atoms with Gasteiger partial charge in [0.15, 0.2) is 6.73 Å². The van der Waals surface area contributed by atoms with Gasteiger partial charge in [-0.25, -0.2) is 4.79 Å². The fourth-order valence-electron chi connectivity index (χ4n) is 3.62. The zero-order valence-corrected chi connectivity index (χ0v) is 16.3. The molecule has 2 aromatic carbocycles. The first-order chi connectivity index (χ1) is 13.1. The van der Waals surface area contributed by atoms with Crippen molar-refractivity contribution in [3.05, 3.63) is 68.5 Å². The topological polar surface area (TPSA) is 42.7 Å². The fourth-order valence-corrected chi connectivity index (χ4v) is 3.89. The van der Waals surface area contributed by atoms with Gasteiger partial charge in [-0.3, -0.25) is 0 Å². The summed E-state index contributed by atoms with van der Waals surface area (Å²) in [5.74, 6) is 0.615. The molecule has 140 valence electrons. The van der Waals surface area contributed by atoms with E-state index in [0.29, 0.717) is 29.6 Å². The molecule has 3 aromatic rings. The summed E-state index contributed by atoms with van der Waals surface area (Å²) >= 11 is 6.52. The molecule has 4 nitrogen and oxygen atoms in total. The molecular formula is C22H22ClNO3. The Morgan fingerprint density at radius 2 is 2.07 bits per heavy atom. The van der Waals surface area contributed by atoms with E-state index >= 15 is 0 Å². The first kappa shape index (κ1) is 17.9. The van der Waals surface area contributed by atoms with E-state index in [2.05, 4.69) is 36.9 Å². The van der Waals surface area contributed by atoms with Gasteiger partial charge in [-0.2, -0.15) is 0 Å². The highest BCUT2D eigenvalue weighted by Crippen LogP contribution is 2.40. The first-order valence-corrected chi connectivity index (χ1v) is 9.67. The maximum Gasteiger partial charge on any atom is 0.336 e. The minimum atomic E-state index is -0.328. The molecule has 27 heavy (non-hydrogen) atoms. The van der Waals surface area contributed by atoms with Gasteiger partial charge >= 0.3 is 5.63 Å². The molecule has 0 fully saturated rings. The summed E-state index contributed by atoms with van der Waals surface area (Å²) in [6.07, 6.45) is 2.90. The Balaban J connectivity index is 1.84. The molecule has 0 atom stereocenters. The second-order valence-corrected chi connectivity index (χ2v) is 7.45. The number of nitrogens with zero attached hydrogens (tertiary/aromatic N) is 1. The second kappa shape index (κ2) is 7.28. The third-order valence-corrected chi connectivity index (χ3v) is 5.28. The van der Waals surface area contributed by atoms with E-state index in [0.717, 1.165) is 41.5 Å². The van der Waals surface area contributed by atoms with Crippen molar-refractivity contribution >= 4 is 28.3 Å². The summed E-state index contributed by atoms with van der Waals surface area (Å²) in [7, 11) is 0. The summed E-state index contributed by atoms with van der Waals surface area (Å²) < 4.78 is 11.6. The van der Waals surface area contributed by atoms with Crippen molar-refractivity contribution in [3.8, 4) is 5.75 Å². The normalized spacial score (nSPS) is 13.5. The van der Waals surface area contributed by atoms with E-state index in [1.165, 1.54) is 5.56 Å². The average molecular weight is 384 g/mol. The molecule has 5 heteroatoms. The number of rotatable bonds is 4. The molecule has 0 unspecified atom stereocenters. The van der Waals surface area contributed by atoms with E-state index in [-0.39, 0.29) is 5.63 Å². The Labute approximate surface area is 163 Å². The van der Waals surface area contributed by atoms with E-state index in [1.54, 1.807) is 6.07 Å². The molecule has 1 aliphatic heterocycles. The summed E-state index contributed by atoms with van der Waals surface area (Å²) in [5, 5.41) is 1.47. The van der Waals surface area contributed by atoms with Gasteiger partial charge in [0.1, 0.15) is 11.3 Å². The Morgan fingerprint density at radius 1 is 1.22 bits per heavy atom. The summed E-state index contributed by atoms with van der Waals surface area (Å²) in [4.78, 5) is 14.3. The Bertz CT molecular complexity index is 1060. The van der Waals surface area contributed by atoms with Gasteiger partial charge in [0.25, 0.3) is 0 Å². The summed E-state index contributed by atoms with van der Waals surface area (Å²) in [5.41, 5.74) is 4.33. The smallest absolute Gasteiger partial charge is 0.336 e. The minimum absolute atomic E-state index is 0.328. The minimum Gasteiger partial charge on any atom is -0.471 e. The third-order valence-electron chi connectivity index (χ3n) is 5.00. The number of fused-ring (bicyclic) bond motifs is 3. The standard InChI is InChI=1S/C22H22ClNO3/c1-3-4-7-15-10-20(25)27-21-17(15)11-19(23)22-18(21)12-24(13-26-22)16-8-5-6-14(2)9-16/h5-6,8-11H,3-4,7,12-13H2,1-2H3. The predicted octanol–water partition coefficient (Wildman–Crippen LogP) is 5.45. The first-order valence-electron chi connectivity index (χ1n) is 9.29. The second-order valence-electron chi connectivity index (χ2n) is 7.05. The predicted molar refractivity (Wildman–Crippen MR) is 109 cm³/mol. The summed E-state index contributed by atoms with van der Waals surface area (Å²) in [6, 6.07) is 11.7. The number of unbranched alkanes of at least 4 members (excludes halogenated alkanes) is 1. The van der Waals surface area contributed by atoms with Gasteiger partial charge in [-0.05, 0) is 49.1 Å². The van der Waals surface area contributed by atoms with Gasteiger partial charge in [0, 0.05) is 17.1 Å². The van der Waals surface area contributed by atoms with E-state index in [1.807, 2.05) is 12.1 Å². The van der Waals surface area contributed by atoms with Crippen LogP contribution in [0.4, 0.5) is 5.69 Å². The molecule has 0 aliphatic carbocycles. The zero-order chi connectivity index (χ0) is 19.0. The highest BCUT2D eigenvalue weighted by molar-refractivity contribution is 6.33. The van der Waals surface area contributed by atoms with E-state index in [4.69, 9.17) is 20.8 Å². The zero-order valence-electron chi connectivity index (χ0n) is 15.5. The quantitative estimate of drug-likeness (QED) is 0.561. The SMILES string of the molecule is CCCCc1cc(=O)oc2c3c(c(Cl)cc12)OCN(c1cccc(C)c1)C3. The molecule has 0 radical (unpaired) electrons. The molecule has 0 amide bonds. The van der Waals surface area contributed by atoms with Gasteiger partial charge in [0.05, 0.1) is 17.1 Å². The average Bonchev–Trinajstić information content (AvgIpc) is 2.66. The molecule has 0 spiro atoms. The number of hydrogen-bond acceptors (Lipinski definition) is 4. The molecule has 4 rings (SSSR count). The van der Waals surface area contributed by atoms with E-state index in [9.17, 15) is 4.79 Å². The van der Waals surface area contributed by atoms with Crippen LogP contribution < -0.4 is 15.3 Å². The van der Waals surface area contributed by atoms with Crippen LogP contribution in [0.15, 0.2) is 45.6 Å². The van der Waals surface area contributed by atoms with Crippen molar-refractivity contribution in [1.29, 1.82) is 0 Å².